The maximum absolute atomic E-state index is 12.2. The fourth-order valence-corrected chi connectivity index (χ4v) is 5.89. The van der Waals surface area contributed by atoms with Gasteiger partial charge in [-0.25, -0.2) is 0 Å². The number of benzene rings is 3. The smallest absolute Gasteiger partial charge is 0.226 e. The fraction of sp³-hybridized carbons (Fsp3) is 0.300. The summed E-state index contributed by atoms with van der Waals surface area (Å²) in [6.07, 6.45) is 5.73. The zero-order valence-corrected chi connectivity index (χ0v) is 20.0. The second kappa shape index (κ2) is 8.05. The Morgan fingerprint density at radius 3 is 2.71 bits per heavy atom. The summed E-state index contributed by atoms with van der Waals surface area (Å²) in [5.41, 5.74) is 7.26. The second-order valence-corrected chi connectivity index (χ2v) is 9.96. The van der Waals surface area contributed by atoms with Crippen molar-refractivity contribution in [1.82, 2.24) is 4.57 Å². The minimum atomic E-state index is -0.0359. The normalized spacial score (nSPS) is 21.0. The summed E-state index contributed by atoms with van der Waals surface area (Å²) in [7, 11) is 0. The van der Waals surface area contributed by atoms with Gasteiger partial charge in [0, 0.05) is 51.6 Å². The number of aromatic nitrogens is 1. The lowest BCUT2D eigenvalue weighted by atomic mass is 9.76. The van der Waals surface area contributed by atoms with Gasteiger partial charge in [-0.2, -0.15) is 0 Å². The van der Waals surface area contributed by atoms with Gasteiger partial charge in [0.05, 0.1) is 6.04 Å². The van der Waals surface area contributed by atoms with Crippen molar-refractivity contribution in [3.8, 4) is 0 Å². The Bertz CT molecular complexity index is 1440. The largest absolute Gasteiger partial charge is 0.378 e. The predicted octanol–water partition coefficient (Wildman–Crippen LogP) is 7.24. The third kappa shape index (κ3) is 3.24. The lowest BCUT2D eigenvalue weighted by Crippen LogP contribution is -2.29. The first-order valence-corrected chi connectivity index (χ1v) is 12.4. The van der Waals surface area contributed by atoms with Crippen molar-refractivity contribution in [2.45, 2.75) is 45.7 Å². The number of para-hydroxylation sites is 1. The average molecular weight is 450 g/mol. The first-order valence-electron chi connectivity index (χ1n) is 12.4. The van der Waals surface area contributed by atoms with Crippen molar-refractivity contribution in [3.63, 3.8) is 0 Å². The van der Waals surface area contributed by atoms with Crippen molar-refractivity contribution >= 4 is 39.1 Å². The van der Waals surface area contributed by atoms with Gasteiger partial charge in [-0.05, 0) is 66.8 Å². The zero-order valence-electron chi connectivity index (χ0n) is 20.0. The van der Waals surface area contributed by atoms with E-state index in [1.807, 2.05) is 19.9 Å². The summed E-state index contributed by atoms with van der Waals surface area (Å²) in [4.78, 5) is 12.2. The molecular weight excluding hydrogens is 418 g/mol. The SMILES string of the molecule is CCn1c2ccccc2c2cc(C3Nc4ccc(NC(=O)C(C)C)cc4C4C=CCC43)ccc21. The molecular formula is C30H31N3O. The van der Waals surface area contributed by atoms with Crippen molar-refractivity contribution in [3.05, 3.63) is 83.9 Å². The number of rotatable bonds is 4. The highest BCUT2D eigenvalue weighted by molar-refractivity contribution is 6.08. The summed E-state index contributed by atoms with van der Waals surface area (Å²) in [5, 5.41) is 9.58. The van der Waals surface area contributed by atoms with Crippen LogP contribution in [0.4, 0.5) is 11.4 Å². The molecule has 4 nitrogen and oxygen atoms in total. The molecule has 0 bridgehead atoms. The van der Waals surface area contributed by atoms with Crippen LogP contribution in [0.1, 0.15) is 50.3 Å². The Morgan fingerprint density at radius 1 is 1.06 bits per heavy atom. The van der Waals surface area contributed by atoms with E-state index in [1.54, 1.807) is 0 Å². The van der Waals surface area contributed by atoms with Gasteiger partial charge in [-0.1, -0.05) is 50.3 Å². The van der Waals surface area contributed by atoms with Crippen molar-refractivity contribution in [2.75, 3.05) is 10.6 Å². The van der Waals surface area contributed by atoms with E-state index in [4.69, 9.17) is 0 Å². The Kier molecular flexibility index (Phi) is 4.98. The number of hydrogen-bond acceptors (Lipinski definition) is 2. The molecule has 1 aromatic heterocycles. The van der Waals surface area contributed by atoms with Gasteiger partial charge in [-0.15, -0.1) is 0 Å². The Labute approximate surface area is 200 Å². The van der Waals surface area contributed by atoms with Crippen LogP contribution >= 0.6 is 0 Å². The molecule has 0 saturated carbocycles. The van der Waals surface area contributed by atoms with Crippen LogP contribution in [0.2, 0.25) is 0 Å². The van der Waals surface area contributed by atoms with Crippen molar-refractivity contribution in [2.24, 2.45) is 11.8 Å². The molecule has 2 heterocycles. The Morgan fingerprint density at radius 2 is 1.88 bits per heavy atom. The average Bonchev–Trinajstić information content (AvgIpc) is 3.46. The number of nitrogens with zero attached hydrogens (tertiary/aromatic N) is 1. The summed E-state index contributed by atoms with van der Waals surface area (Å²) in [6, 6.07) is 22.3. The van der Waals surface area contributed by atoms with Crippen LogP contribution in [-0.2, 0) is 11.3 Å². The molecule has 4 aromatic rings. The fourth-order valence-electron chi connectivity index (χ4n) is 5.89. The van der Waals surface area contributed by atoms with E-state index < -0.39 is 0 Å². The zero-order chi connectivity index (χ0) is 23.4. The van der Waals surface area contributed by atoms with Gasteiger partial charge < -0.3 is 15.2 Å². The molecule has 0 spiro atoms. The first kappa shape index (κ1) is 21.0. The highest BCUT2D eigenvalue weighted by atomic mass is 16.1. The standard InChI is InChI=1S/C30H31N3O/c1-4-33-27-11-6-5-8-22(27)25-16-19(12-15-28(25)33)29-23-10-7-9-21(23)24-17-20(13-14-26(24)32-29)31-30(34)18(2)3/h5-9,11-18,21,23,29,32H,4,10H2,1-3H3,(H,31,34). The number of carbonyl (C=O) groups is 1. The number of nitrogens with one attached hydrogen (secondary N) is 2. The van der Waals surface area contributed by atoms with E-state index >= 15 is 0 Å². The second-order valence-electron chi connectivity index (χ2n) is 9.96. The summed E-state index contributed by atoms with van der Waals surface area (Å²) in [6.45, 7) is 7.02. The van der Waals surface area contributed by atoms with Crippen LogP contribution in [0.15, 0.2) is 72.8 Å². The van der Waals surface area contributed by atoms with Gasteiger partial charge >= 0.3 is 0 Å². The van der Waals surface area contributed by atoms with Crippen LogP contribution in [-0.4, -0.2) is 10.5 Å². The quantitative estimate of drug-likeness (QED) is 0.323. The maximum atomic E-state index is 12.2. The summed E-state index contributed by atoms with van der Waals surface area (Å²) < 4.78 is 2.41. The molecule has 1 amide bonds. The predicted molar refractivity (Wildman–Crippen MR) is 141 cm³/mol. The van der Waals surface area contributed by atoms with Gasteiger partial charge in [0.25, 0.3) is 0 Å². The molecule has 3 aromatic carbocycles. The minimum Gasteiger partial charge on any atom is -0.378 e. The molecule has 3 unspecified atom stereocenters. The number of amides is 1. The summed E-state index contributed by atoms with van der Waals surface area (Å²) >= 11 is 0. The van der Waals surface area contributed by atoms with Crippen LogP contribution in [0.5, 0.6) is 0 Å². The van der Waals surface area contributed by atoms with Gasteiger partial charge in [0.1, 0.15) is 0 Å². The number of carbonyl (C=O) groups excluding carboxylic acids is 1. The van der Waals surface area contributed by atoms with E-state index in [2.05, 4.69) is 88.9 Å². The topological polar surface area (TPSA) is 46.1 Å². The molecule has 1 aliphatic heterocycles. The van der Waals surface area contributed by atoms with E-state index in [9.17, 15) is 4.79 Å². The molecule has 172 valence electrons. The molecule has 3 atom stereocenters. The maximum Gasteiger partial charge on any atom is 0.226 e. The third-order valence-electron chi connectivity index (χ3n) is 7.63. The van der Waals surface area contributed by atoms with Crippen LogP contribution < -0.4 is 10.6 Å². The van der Waals surface area contributed by atoms with Crippen LogP contribution in [0.3, 0.4) is 0 Å². The van der Waals surface area contributed by atoms with E-state index in [1.165, 1.54) is 32.9 Å². The van der Waals surface area contributed by atoms with E-state index in [0.717, 1.165) is 24.3 Å². The molecule has 0 fully saturated rings. The molecule has 2 aliphatic rings. The van der Waals surface area contributed by atoms with E-state index in [-0.39, 0.29) is 17.9 Å². The number of aryl methyl sites for hydroxylation is 1. The van der Waals surface area contributed by atoms with Crippen molar-refractivity contribution < 1.29 is 4.79 Å². The molecule has 0 saturated heterocycles. The lowest BCUT2D eigenvalue weighted by molar-refractivity contribution is -0.118. The molecule has 1 aliphatic carbocycles. The summed E-state index contributed by atoms with van der Waals surface area (Å²) in [5.74, 6) is 0.830. The van der Waals surface area contributed by atoms with Gasteiger partial charge in [-0.3, -0.25) is 4.79 Å². The van der Waals surface area contributed by atoms with Crippen molar-refractivity contribution in [1.29, 1.82) is 0 Å². The molecule has 0 radical (unpaired) electrons. The highest BCUT2D eigenvalue weighted by Gasteiger charge is 2.38. The number of hydrogen-bond donors (Lipinski definition) is 2. The minimum absolute atomic E-state index is 0.0359. The molecule has 4 heteroatoms. The van der Waals surface area contributed by atoms with Crippen LogP contribution in [0, 0.1) is 11.8 Å². The third-order valence-corrected chi connectivity index (χ3v) is 7.63. The Balaban J connectivity index is 1.40. The number of fused-ring (bicyclic) bond motifs is 6. The van der Waals surface area contributed by atoms with Gasteiger partial charge in [0.2, 0.25) is 5.91 Å². The monoisotopic (exact) mass is 449 g/mol. The molecule has 6 rings (SSSR count). The molecule has 34 heavy (non-hydrogen) atoms. The Hall–Kier alpha value is -3.53. The van der Waals surface area contributed by atoms with Crippen LogP contribution in [0.25, 0.3) is 21.8 Å². The molecule has 2 N–H and O–H groups in total. The highest BCUT2D eigenvalue weighted by Crippen LogP contribution is 2.50. The first-order chi connectivity index (χ1) is 16.5. The number of anilines is 2. The van der Waals surface area contributed by atoms with Gasteiger partial charge in [0.15, 0.2) is 0 Å². The lowest BCUT2D eigenvalue weighted by Gasteiger charge is -2.38. The van der Waals surface area contributed by atoms with E-state index in [0.29, 0.717) is 11.8 Å². The number of allylic oxidation sites excluding steroid dienone is 2.